The molecular formula is C18H21NO4. The van der Waals surface area contributed by atoms with Gasteiger partial charge in [0.1, 0.15) is 5.75 Å². The van der Waals surface area contributed by atoms with E-state index >= 15 is 0 Å². The van der Waals surface area contributed by atoms with Gasteiger partial charge >= 0.3 is 5.97 Å². The van der Waals surface area contributed by atoms with E-state index in [1.165, 1.54) is 0 Å². The topological polar surface area (TPSA) is 66.8 Å². The number of para-hydroxylation sites is 1. The maximum atomic E-state index is 12.9. The summed E-state index contributed by atoms with van der Waals surface area (Å²) in [6, 6.07) is 7.99. The minimum atomic E-state index is -0.788. The molecular weight excluding hydrogens is 294 g/mol. The van der Waals surface area contributed by atoms with Crippen molar-refractivity contribution < 1.29 is 19.4 Å². The molecule has 2 fully saturated rings. The van der Waals surface area contributed by atoms with Gasteiger partial charge in [-0.05, 0) is 31.7 Å². The molecule has 1 spiro atoms. The molecule has 1 saturated carbocycles. The molecule has 1 aromatic carbocycles. The second-order valence-electron chi connectivity index (χ2n) is 6.97. The normalized spacial score (nSPS) is 32.1. The van der Waals surface area contributed by atoms with E-state index in [0.29, 0.717) is 26.1 Å². The summed E-state index contributed by atoms with van der Waals surface area (Å²) in [5, 5.41) is 9.21. The molecule has 0 bridgehead atoms. The highest BCUT2D eigenvalue weighted by Crippen LogP contribution is 2.61. The lowest BCUT2D eigenvalue weighted by molar-refractivity contribution is -0.146. The fraction of sp³-hybridized carbons (Fsp3) is 0.556. The van der Waals surface area contributed by atoms with E-state index < -0.39 is 11.9 Å². The molecule has 1 N–H and O–H groups in total. The number of hydrogen-bond acceptors (Lipinski definition) is 3. The molecule has 1 aliphatic carbocycles. The first-order valence-electron chi connectivity index (χ1n) is 8.36. The number of carboxylic acids is 1. The number of rotatable bonds is 2. The van der Waals surface area contributed by atoms with Crippen molar-refractivity contribution in [3.8, 4) is 5.75 Å². The number of aliphatic carboxylic acids is 1. The van der Waals surface area contributed by atoms with Crippen LogP contribution >= 0.6 is 0 Å². The van der Waals surface area contributed by atoms with E-state index in [4.69, 9.17) is 4.74 Å². The zero-order valence-electron chi connectivity index (χ0n) is 13.0. The molecule has 1 aromatic rings. The SMILES string of the molecule is O=C(O)C1CCCN(C(=O)C2CC23CCOc2ccccc23)C1. The number of hydrogen-bond donors (Lipinski definition) is 1. The fourth-order valence-corrected chi connectivity index (χ4v) is 4.28. The van der Waals surface area contributed by atoms with Crippen LogP contribution in [0, 0.1) is 11.8 Å². The Hall–Kier alpha value is -2.04. The van der Waals surface area contributed by atoms with Crippen molar-refractivity contribution in [2.75, 3.05) is 19.7 Å². The van der Waals surface area contributed by atoms with Gasteiger partial charge in [0.05, 0.1) is 12.5 Å². The Morgan fingerprint density at radius 2 is 2.13 bits per heavy atom. The van der Waals surface area contributed by atoms with Gasteiger partial charge in [0.25, 0.3) is 0 Å². The number of nitrogens with zero attached hydrogens (tertiary/aromatic N) is 1. The van der Waals surface area contributed by atoms with Crippen molar-refractivity contribution in [1.29, 1.82) is 0 Å². The van der Waals surface area contributed by atoms with Crippen LogP contribution in [0.3, 0.4) is 0 Å². The summed E-state index contributed by atoms with van der Waals surface area (Å²) in [7, 11) is 0. The van der Waals surface area contributed by atoms with Crippen LogP contribution in [0.15, 0.2) is 24.3 Å². The molecule has 4 rings (SSSR count). The number of piperidine rings is 1. The van der Waals surface area contributed by atoms with Crippen molar-refractivity contribution in [3.63, 3.8) is 0 Å². The van der Waals surface area contributed by atoms with Crippen molar-refractivity contribution in [3.05, 3.63) is 29.8 Å². The van der Waals surface area contributed by atoms with Crippen LogP contribution < -0.4 is 4.74 Å². The first kappa shape index (κ1) is 14.5. The molecule has 2 heterocycles. The predicted octanol–water partition coefficient (Wildman–Crippen LogP) is 2.05. The van der Waals surface area contributed by atoms with Crippen LogP contribution in [-0.2, 0) is 15.0 Å². The second kappa shape index (κ2) is 5.25. The lowest BCUT2D eigenvalue weighted by atomic mass is 9.87. The van der Waals surface area contributed by atoms with E-state index in [9.17, 15) is 14.7 Å². The molecule has 122 valence electrons. The van der Waals surface area contributed by atoms with Gasteiger partial charge in [0, 0.05) is 30.0 Å². The molecule has 1 amide bonds. The van der Waals surface area contributed by atoms with Crippen LogP contribution in [0.5, 0.6) is 5.75 Å². The van der Waals surface area contributed by atoms with E-state index in [-0.39, 0.29) is 17.2 Å². The highest BCUT2D eigenvalue weighted by Gasteiger charge is 2.61. The zero-order chi connectivity index (χ0) is 16.0. The Balaban J connectivity index is 1.53. The maximum Gasteiger partial charge on any atom is 0.308 e. The van der Waals surface area contributed by atoms with Gasteiger partial charge in [-0.25, -0.2) is 0 Å². The Bertz CT molecular complexity index is 658. The monoisotopic (exact) mass is 315 g/mol. The Morgan fingerprint density at radius 1 is 1.30 bits per heavy atom. The third kappa shape index (κ3) is 2.30. The lowest BCUT2D eigenvalue weighted by Gasteiger charge is -2.32. The van der Waals surface area contributed by atoms with Crippen LogP contribution in [0.1, 0.15) is 31.2 Å². The number of likely N-dealkylation sites (tertiary alicyclic amines) is 1. The van der Waals surface area contributed by atoms with Crippen LogP contribution in [-0.4, -0.2) is 41.6 Å². The quantitative estimate of drug-likeness (QED) is 0.907. The molecule has 1 saturated heterocycles. The molecule has 5 nitrogen and oxygen atoms in total. The average Bonchev–Trinajstić information content (AvgIpc) is 3.29. The zero-order valence-corrected chi connectivity index (χ0v) is 13.0. The summed E-state index contributed by atoms with van der Waals surface area (Å²) in [5.41, 5.74) is 1.07. The van der Waals surface area contributed by atoms with E-state index in [1.807, 2.05) is 18.2 Å². The minimum Gasteiger partial charge on any atom is -0.493 e. The standard InChI is InChI=1S/C18H21NO4/c20-16(19-8-3-4-12(11-19)17(21)22)14-10-18(14)7-9-23-15-6-2-1-5-13(15)18/h1-2,5-6,12,14H,3-4,7-11H2,(H,21,22). The Labute approximate surface area is 135 Å². The van der Waals surface area contributed by atoms with Gasteiger partial charge < -0.3 is 14.7 Å². The number of fused-ring (bicyclic) bond motifs is 2. The fourth-order valence-electron chi connectivity index (χ4n) is 4.28. The van der Waals surface area contributed by atoms with Gasteiger partial charge in [-0.1, -0.05) is 18.2 Å². The van der Waals surface area contributed by atoms with Crippen molar-refractivity contribution in [2.45, 2.75) is 31.1 Å². The lowest BCUT2D eigenvalue weighted by Crippen LogP contribution is -2.44. The number of carboxylic acid groups (broad SMARTS) is 1. The predicted molar refractivity (Wildman–Crippen MR) is 83.3 cm³/mol. The van der Waals surface area contributed by atoms with Gasteiger partial charge in [0.2, 0.25) is 5.91 Å². The Kier molecular flexibility index (Phi) is 3.32. The molecule has 3 aliphatic rings. The third-order valence-electron chi connectivity index (χ3n) is 5.68. The van der Waals surface area contributed by atoms with Gasteiger partial charge in [-0.3, -0.25) is 9.59 Å². The van der Waals surface area contributed by atoms with Crippen molar-refractivity contribution >= 4 is 11.9 Å². The van der Waals surface area contributed by atoms with Crippen LogP contribution in [0.25, 0.3) is 0 Å². The van der Waals surface area contributed by atoms with E-state index in [1.54, 1.807) is 4.90 Å². The summed E-state index contributed by atoms with van der Waals surface area (Å²) in [5.74, 6) is -0.183. The maximum absolute atomic E-state index is 12.9. The van der Waals surface area contributed by atoms with Gasteiger partial charge in [-0.2, -0.15) is 0 Å². The number of ether oxygens (including phenoxy) is 1. The first-order valence-corrected chi connectivity index (χ1v) is 8.36. The van der Waals surface area contributed by atoms with Crippen molar-refractivity contribution in [1.82, 2.24) is 4.90 Å². The summed E-state index contributed by atoms with van der Waals surface area (Å²) in [6.45, 7) is 1.70. The van der Waals surface area contributed by atoms with Gasteiger partial charge in [0.15, 0.2) is 0 Å². The molecule has 0 aromatic heterocycles. The third-order valence-corrected chi connectivity index (χ3v) is 5.68. The van der Waals surface area contributed by atoms with E-state index in [2.05, 4.69) is 6.07 Å². The molecule has 0 radical (unpaired) electrons. The highest BCUT2D eigenvalue weighted by atomic mass is 16.5. The summed E-state index contributed by atoms with van der Waals surface area (Å²) < 4.78 is 5.72. The summed E-state index contributed by atoms with van der Waals surface area (Å²) >= 11 is 0. The Morgan fingerprint density at radius 3 is 2.96 bits per heavy atom. The second-order valence-corrected chi connectivity index (χ2v) is 6.97. The number of amides is 1. The highest BCUT2D eigenvalue weighted by molar-refractivity contribution is 5.85. The number of benzene rings is 1. The van der Waals surface area contributed by atoms with Crippen molar-refractivity contribution in [2.24, 2.45) is 11.8 Å². The summed E-state index contributed by atoms with van der Waals surface area (Å²) in [6.07, 6.45) is 3.19. The molecule has 23 heavy (non-hydrogen) atoms. The number of carbonyl (C=O) groups is 2. The number of carbonyl (C=O) groups excluding carboxylic acids is 1. The largest absolute Gasteiger partial charge is 0.493 e. The van der Waals surface area contributed by atoms with Gasteiger partial charge in [-0.15, -0.1) is 0 Å². The van der Waals surface area contributed by atoms with E-state index in [0.717, 1.165) is 30.6 Å². The minimum absolute atomic E-state index is 0.0138. The van der Waals surface area contributed by atoms with Crippen LogP contribution in [0.4, 0.5) is 0 Å². The molecule has 5 heteroatoms. The molecule has 3 unspecified atom stereocenters. The smallest absolute Gasteiger partial charge is 0.308 e. The molecule has 2 aliphatic heterocycles. The summed E-state index contributed by atoms with van der Waals surface area (Å²) in [4.78, 5) is 25.9. The molecule has 3 atom stereocenters. The van der Waals surface area contributed by atoms with Crippen LogP contribution in [0.2, 0.25) is 0 Å². The average molecular weight is 315 g/mol. The first-order chi connectivity index (χ1) is 11.1.